The number of piperidine rings is 1. The van der Waals surface area contributed by atoms with Crippen molar-refractivity contribution in [2.24, 2.45) is 5.41 Å². The van der Waals surface area contributed by atoms with Gasteiger partial charge in [-0.15, -0.1) is 0 Å². The van der Waals surface area contributed by atoms with Gasteiger partial charge in [0.2, 0.25) is 0 Å². The van der Waals surface area contributed by atoms with Crippen molar-refractivity contribution in [3.05, 3.63) is 0 Å². The SMILES string of the molecule is CN1CCC(N(C)CC2(C#N)CC2)CC1. The first-order valence-corrected chi connectivity index (χ1v) is 5.95. The van der Waals surface area contributed by atoms with E-state index >= 15 is 0 Å². The Morgan fingerprint density at radius 1 is 1.40 bits per heavy atom. The van der Waals surface area contributed by atoms with Crippen LogP contribution in [0.25, 0.3) is 0 Å². The van der Waals surface area contributed by atoms with Crippen molar-refractivity contribution < 1.29 is 0 Å². The summed E-state index contributed by atoms with van der Waals surface area (Å²) in [4.78, 5) is 4.81. The second-order valence-corrected chi connectivity index (χ2v) is 5.34. The minimum absolute atomic E-state index is 0.0259. The van der Waals surface area contributed by atoms with Crippen molar-refractivity contribution in [1.29, 1.82) is 5.26 Å². The molecule has 2 aliphatic rings. The molecule has 1 aliphatic carbocycles. The van der Waals surface area contributed by atoms with Crippen LogP contribution in [0.3, 0.4) is 0 Å². The fraction of sp³-hybridized carbons (Fsp3) is 0.917. The van der Waals surface area contributed by atoms with E-state index in [9.17, 15) is 0 Å². The van der Waals surface area contributed by atoms with Gasteiger partial charge in [-0.2, -0.15) is 5.26 Å². The Balaban J connectivity index is 1.81. The van der Waals surface area contributed by atoms with E-state index < -0.39 is 0 Å². The number of hydrogen-bond acceptors (Lipinski definition) is 3. The Labute approximate surface area is 92.7 Å². The van der Waals surface area contributed by atoms with Crippen molar-refractivity contribution in [3.63, 3.8) is 0 Å². The van der Waals surface area contributed by atoms with Crippen LogP contribution in [-0.4, -0.2) is 49.6 Å². The summed E-state index contributed by atoms with van der Waals surface area (Å²) in [5, 5.41) is 9.06. The van der Waals surface area contributed by atoms with Crippen molar-refractivity contribution in [2.75, 3.05) is 33.7 Å². The summed E-state index contributed by atoms with van der Waals surface area (Å²) in [6, 6.07) is 3.18. The van der Waals surface area contributed by atoms with Crippen LogP contribution in [0.5, 0.6) is 0 Å². The molecule has 2 fully saturated rings. The second-order valence-electron chi connectivity index (χ2n) is 5.34. The second kappa shape index (κ2) is 4.11. The van der Waals surface area contributed by atoms with Gasteiger partial charge >= 0.3 is 0 Å². The molecule has 0 aromatic heterocycles. The summed E-state index contributed by atoms with van der Waals surface area (Å²) in [7, 11) is 4.38. The first-order chi connectivity index (χ1) is 7.15. The van der Waals surface area contributed by atoms with Gasteiger partial charge in [0, 0.05) is 12.6 Å². The van der Waals surface area contributed by atoms with Gasteiger partial charge in [0.25, 0.3) is 0 Å². The lowest BCUT2D eigenvalue weighted by Crippen LogP contribution is -2.43. The van der Waals surface area contributed by atoms with Crippen LogP contribution in [0.2, 0.25) is 0 Å². The Morgan fingerprint density at radius 3 is 2.47 bits per heavy atom. The first kappa shape index (κ1) is 10.9. The highest BCUT2D eigenvalue weighted by molar-refractivity contribution is 5.11. The molecule has 1 aliphatic heterocycles. The maximum absolute atomic E-state index is 9.06. The molecule has 3 heteroatoms. The molecule has 1 saturated carbocycles. The highest BCUT2D eigenvalue weighted by atomic mass is 15.2. The summed E-state index contributed by atoms with van der Waals surface area (Å²) in [6.45, 7) is 3.39. The summed E-state index contributed by atoms with van der Waals surface area (Å²) < 4.78 is 0. The Kier molecular flexibility index (Phi) is 2.99. The molecule has 1 heterocycles. The van der Waals surface area contributed by atoms with E-state index in [1.165, 1.54) is 25.9 Å². The van der Waals surface area contributed by atoms with Gasteiger partial charge in [-0.1, -0.05) is 0 Å². The Bertz CT molecular complexity index is 257. The highest BCUT2D eigenvalue weighted by Crippen LogP contribution is 2.45. The molecule has 3 nitrogen and oxygen atoms in total. The van der Waals surface area contributed by atoms with Gasteiger partial charge in [0.1, 0.15) is 0 Å². The predicted molar refractivity (Wildman–Crippen MR) is 60.4 cm³/mol. The van der Waals surface area contributed by atoms with Crippen molar-refractivity contribution in [1.82, 2.24) is 9.80 Å². The molecule has 0 radical (unpaired) electrons. The highest BCUT2D eigenvalue weighted by Gasteiger charge is 2.44. The maximum atomic E-state index is 9.06. The molecule has 84 valence electrons. The molecule has 2 rings (SSSR count). The molecular weight excluding hydrogens is 186 g/mol. The fourth-order valence-corrected chi connectivity index (χ4v) is 2.50. The third kappa shape index (κ3) is 2.50. The smallest absolute Gasteiger partial charge is 0.0703 e. The third-order valence-corrected chi connectivity index (χ3v) is 3.95. The molecule has 0 bridgehead atoms. The van der Waals surface area contributed by atoms with E-state index in [2.05, 4.69) is 30.0 Å². The van der Waals surface area contributed by atoms with E-state index in [4.69, 9.17) is 5.26 Å². The summed E-state index contributed by atoms with van der Waals surface area (Å²) in [5.74, 6) is 0. The molecular formula is C12H21N3. The van der Waals surface area contributed by atoms with Crippen LogP contribution in [0.4, 0.5) is 0 Å². The number of nitriles is 1. The zero-order chi connectivity index (χ0) is 10.9. The van der Waals surface area contributed by atoms with Gasteiger partial charge in [0.15, 0.2) is 0 Å². The topological polar surface area (TPSA) is 30.3 Å². The zero-order valence-electron chi connectivity index (χ0n) is 9.87. The number of hydrogen-bond donors (Lipinski definition) is 0. The molecule has 0 spiro atoms. The van der Waals surface area contributed by atoms with Gasteiger partial charge in [-0.05, 0) is 52.9 Å². The maximum Gasteiger partial charge on any atom is 0.0703 e. The normalized spacial score (nSPS) is 26.5. The summed E-state index contributed by atoms with van der Waals surface area (Å²) in [6.07, 6.45) is 4.74. The molecule has 0 aromatic carbocycles. The van der Waals surface area contributed by atoms with E-state index in [1.54, 1.807) is 0 Å². The van der Waals surface area contributed by atoms with Crippen LogP contribution >= 0.6 is 0 Å². The van der Waals surface area contributed by atoms with Crippen molar-refractivity contribution in [3.8, 4) is 6.07 Å². The van der Waals surface area contributed by atoms with Crippen LogP contribution in [0.1, 0.15) is 25.7 Å². The molecule has 0 N–H and O–H groups in total. The van der Waals surface area contributed by atoms with Crippen LogP contribution in [0.15, 0.2) is 0 Å². The molecule has 0 aromatic rings. The largest absolute Gasteiger partial charge is 0.306 e. The van der Waals surface area contributed by atoms with Crippen LogP contribution in [-0.2, 0) is 0 Å². The fourth-order valence-electron chi connectivity index (χ4n) is 2.50. The Hall–Kier alpha value is -0.590. The van der Waals surface area contributed by atoms with E-state index in [1.807, 2.05) is 0 Å². The van der Waals surface area contributed by atoms with E-state index in [-0.39, 0.29) is 5.41 Å². The summed E-state index contributed by atoms with van der Waals surface area (Å²) >= 11 is 0. The number of likely N-dealkylation sites (tertiary alicyclic amines) is 1. The van der Waals surface area contributed by atoms with Gasteiger partial charge in [-0.3, -0.25) is 0 Å². The minimum Gasteiger partial charge on any atom is -0.306 e. The molecule has 0 atom stereocenters. The number of nitrogens with zero attached hydrogens (tertiary/aromatic N) is 3. The molecule has 15 heavy (non-hydrogen) atoms. The lowest BCUT2D eigenvalue weighted by Gasteiger charge is -2.35. The van der Waals surface area contributed by atoms with E-state index in [0.717, 1.165) is 19.4 Å². The van der Waals surface area contributed by atoms with Gasteiger partial charge in [-0.25, -0.2) is 0 Å². The molecule has 1 saturated heterocycles. The van der Waals surface area contributed by atoms with Crippen LogP contribution in [0, 0.1) is 16.7 Å². The number of rotatable bonds is 3. The quantitative estimate of drug-likeness (QED) is 0.699. The lowest BCUT2D eigenvalue weighted by molar-refractivity contribution is 0.133. The minimum atomic E-state index is 0.0259. The standard InChI is InChI=1S/C12H21N3/c1-14-7-3-11(4-8-14)15(2)10-12(9-13)5-6-12/h11H,3-8,10H2,1-2H3. The average Bonchev–Trinajstić information content (AvgIpc) is 2.99. The summed E-state index contributed by atoms with van der Waals surface area (Å²) in [5.41, 5.74) is 0.0259. The Morgan fingerprint density at radius 2 is 2.00 bits per heavy atom. The monoisotopic (exact) mass is 207 g/mol. The van der Waals surface area contributed by atoms with E-state index in [0.29, 0.717) is 6.04 Å². The predicted octanol–water partition coefficient (Wildman–Crippen LogP) is 1.32. The van der Waals surface area contributed by atoms with Crippen molar-refractivity contribution in [2.45, 2.75) is 31.7 Å². The van der Waals surface area contributed by atoms with Gasteiger partial charge in [0.05, 0.1) is 11.5 Å². The zero-order valence-corrected chi connectivity index (χ0v) is 9.87. The van der Waals surface area contributed by atoms with Gasteiger partial charge < -0.3 is 9.80 Å². The third-order valence-electron chi connectivity index (χ3n) is 3.95. The molecule has 0 amide bonds. The average molecular weight is 207 g/mol. The lowest BCUT2D eigenvalue weighted by atomic mass is 10.0. The first-order valence-electron chi connectivity index (χ1n) is 5.95. The molecule has 0 unspecified atom stereocenters. The van der Waals surface area contributed by atoms with Crippen LogP contribution < -0.4 is 0 Å². The van der Waals surface area contributed by atoms with Crippen molar-refractivity contribution >= 4 is 0 Å².